The third-order valence-electron chi connectivity index (χ3n) is 2.61. The molecule has 0 heterocycles. The molecule has 1 aromatic rings. The highest BCUT2D eigenvalue weighted by molar-refractivity contribution is 6.20. The predicted molar refractivity (Wildman–Crippen MR) is 80.0 cm³/mol. The van der Waals surface area contributed by atoms with Crippen LogP contribution >= 0.6 is 11.6 Å². The van der Waals surface area contributed by atoms with E-state index >= 15 is 0 Å². The third kappa shape index (κ3) is 7.28. The molecule has 4 nitrogen and oxygen atoms in total. The van der Waals surface area contributed by atoms with Crippen molar-refractivity contribution in [3.05, 3.63) is 48.6 Å². The van der Waals surface area contributed by atoms with Crippen LogP contribution in [0.3, 0.4) is 0 Å². The second kappa shape index (κ2) is 9.53. The standard InChI is InChI=1S/C15H20ClNO3/c1-2-8-17(10-15(18)19)9-14(16)12-20-11-13-6-4-3-5-7-13/h2-7,14H,1,8-12H2,(H,18,19). The first-order valence-electron chi connectivity index (χ1n) is 6.42. The first kappa shape index (κ1) is 16.7. The van der Waals surface area contributed by atoms with E-state index in [1.807, 2.05) is 30.3 Å². The minimum Gasteiger partial charge on any atom is -0.480 e. The summed E-state index contributed by atoms with van der Waals surface area (Å²) in [6, 6.07) is 9.83. The maximum atomic E-state index is 10.7. The lowest BCUT2D eigenvalue weighted by molar-refractivity contribution is -0.138. The first-order chi connectivity index (χ1) is 9.61. The summed E-state index contributed by atoms with van der Waals surface area (Å²) >= 11 is 6.17. The average molecular weight is 298 g/mol. The number of hydrogen-bond acceptors (Lipinski definition) is 3. The van der Waals surface area contributed by atoms with E-state index in [4.69, 9.17) is 21.4 Å². The Morgan fingerprint density at radius 1 is 1.45 bits per heavy atom. The fourth-order valence-electron chi connectivity index (χ4n) is 1.79. The van der Waals surface area contributed by atoms with E-state index < -0.39 is 5.97 Å². The molecule has 0 aliphatic heterocycles. The van der Waals surface area contributed by atoms with Gasteiger partial charge in [-0.05, 0) is 5.56 Å². The lowest BCUT2D eigenvalue weighted by Crippen LogP contribution is -2.36. The summed E-state index contributed by atoms with van der Waals surface area (Å²) in [4.78, 5) is 12.4. The third-order valence-corrected chi connectivity index (χ3v) is 2.88. The molecule has 0 radical (unpaired) electrons. The molecule has 0 spiro atoms. The van der Waals surface area contributed by atoms with Gasteiger partial charge in [-0.2, -0.15) is 0 Å². The summed E-state index contributed by atoms with van der Waals surface area (Å²) in [6.45, 7) is 5.39. The van der Waals surface area contributed by atoms with Crippen molar-refractivity contribution in [3.63, 3.8) is 0 Å². The molecular formula is C15H20ClNO3. The van der Waals surface area contributed by atoms with E-state index in [1.54, 1.807) is 11.0 Å². The number of nitrogens with zero attached hydrogens (tertiary/aromatic N) is 1. The van der Waals surface area contributed by atoms with Crippen molar-refractivity contribution in [1.82, 2.24) is 4.90 Å². The smallest absolute Gasteiger partial charge is 0.317 e. The van der Waals surface area contributed by atoms with Gasteiger partial charge in [-0.15, -0.1) is 18.2 Å². The molecule has 0 fully saturated rings. The highest BCUT2D eigenvalue weighted by atomic mass is 35.5. The van der Waals surface area contributed by atoms with Crippen molar-refractivity contribution < 1.29 is 14.6 Å². The fourth-order valence-corrected chi connectivity index (χ4v) is 2.07. The summed E-state index contributed by atoms with van der Waals surface area (Å²) in [5.41, 5.74) is 1.09. The van der Waals surface area contributed by atoms with E-state index in [0.717, 1.165) is 5.56 Å². The number of ether oxygens (including phenoxy) is 1. The van der Waals surface area contributed by atoms with Gasteiger partial charge in [0, 0.05) is 13.1 Å². The molecule has 0 aromatic heterocycles. The van der Waals surface area contributed by atoms with Gasteiger partial charge >= 0.3 is 5.97 Å². The molecule has 0 bridgehead atoms. The molecule has 1 aromatic carbocycles. The Hall–Kier alpha value is -1.36. The largest absolute Gasteiger partial charge is 0.480 e. The van der Waals surface area contributed by atoms with Crippen LogP contribution in [0.15, 0.2) is 43.0 Å². The van der Waals surface area contributed by atoms with Gasteiger partial charge in [0.25, 0.3) is 0 Å². The topological polar surface area (TPSA) is 49.8 Å². The van der Waals surface area contributed by atoms with Crippen LogP contribution in [0.5, 0.6) is 0 Å². The Balaban J connectivity index is 2.28. The lowest BCUT2D eigenvalue weighted by Gasteiger charge is -2.21. The lowest BCUT2D eigenvalue weighted by atomic mass is 10.2. The monoisotopic (exact) mass is 297 g/mol. The Morgan fingerprint density at radius 3 is 2.75 bits per heavy atom. The minimum absolute atomic E-state index is 0.0477. The number of carboxylic acid groups (broad SMARTS) is 1. The van der Waals surface area contributed by atoms with Crippen molar-refractivity contribution in [1.29, 1.82) is 0 Å². The summed E-state index contributed by atoms with van der Waals surface area (Å²) in [5, 5.41) is 8.55. The highest BCUT2D eigenvalue weighted by Crippen LogP contribution is 2.05. The van der Waals surface area contributed by atoms with E-state index in [0.29, 0.717) is 26.3 Å². The quantitative estimate of drug-likeness (QED) is 0.532. The molecule has 1 rings (SSSR count). The molecule has 0 saturated carbocycles. The molecule has 20 heavy (non-hydrogen) atoms. The SMILES string of the molecule is C=CCN(CC(=O)O)CC(Cl)COCc1ccccc1. The summed E-state index contributed by atoms with van der Waals surface area (Å²) in [5.74, 6) is -0.874. The van der Waals surface area contributed by atoms with Crippen LogP contribution in [0, 0.1) is 0 Å². The van der Waals surface area contributed by atoms with Gasteiger partial charge in [-0.25, -0.2) is 0 Å². The number of alkyl halides is 1. The molecule has 0 aliphatic rings. The van der Waals surface area contributed by atoms with Crippen LogP contribution in [-0.4, -0.2) is 47.6 Å². The van der Waals surface area contributed by atoms with E-state index in [9.17, 15) is 4.79 Å². The fraction of sp³-hybridized carbons (Fsp3) is 0.400. The van der Waals surface area contributed by atoms with Crippen LogP contribution in [0.2, 0.25) is 0 Å². The number of hydrogen-bond donors (Lipinski definition) is 1. The normalized spacial score (nSPS) is 12.3. The van der Waals surface area contributed by atoms with Gasteiger partial charge in [-0.3, -0.25) is 9.69 Å². The molecule has 110 valence electrons. The van der Waals surface area contributed by atoms with Crippen molar-refractivity contribution in [3.8, 4) is 0 Å². The minimum atomic E-state index is -0.874. The van der Waals surface area contributed by atoms with Crippen LogP contribution in [0.1, 0.15) is 5.56 Å². The number of rotatable bonds is 10. The molecular weight excluding hydrogens is 278 g/mol. The molecule has 1 N–H and O–H groups in total. The maximum absolute atomic E-state index is 10.7. The summed E-state index contributed by atoms with van der Waals surface area (Å²) in [7, 11) is 0. The second-order valence-electron chi connectivity index (χ2n) is 4.47. The van der Waals surface area contributed by atoms with Crippen LogP contribution in [0.4, 0.5) is 0 Å². The maximum Gasteiger partial charge on any atom is 0.317 e. The predicted octanol–water partition coefficient (Wildman–Crippen LogP) is 2.38. The second-order valence-corrected chi connectivity index (χ2v) is 5.09. The van der Waals surface area contributed by atoms with Crippen molar-refractivity contribution in [2.45, 2.75) is 12.0 Å². The molecule has 1 atom stereocenters. The number of carboxylic acids is 1. The zero-order valence-corrected chi connectivity index (χ0v) is 12.1. The summed E-state index contributed by atoms with van der Waals surface area (Å²) in [6.07, 6.45) is 1.66. The van der Waals surface area contributed by atoms with Crippen molar-refractivity contribution >= 4 is 17.6 Å². The van der Waals surface area contributed by atoms with Gasteiger partial charge in [0.15, 0.2) is 0 Å². The van der Waals surface area contributed by atoms with E-state index in [1.165, 1.54) is 0 Å². The molecule has 0 amide bonds. The molecule has 1 unspecified atom stereocenters. The van der Waals surface area contributed by atoms with Gasteiger partial charge in [0.1, 0.15) is 0 Å². The van der Waals surface area contributed by atoms with Crippen LogP contribution < -0.4 is 0 Å². The number of aliphatic carboxylic acids is 1. The van der Waals surface area contributed by atoms with Crippen LogP contribution in [-0.2, 0) is 16.1 Å². The first-order valence-corrected chi connectivity index (χ1v) is 6.86. The zero-order chi connectivity index (χ0) is 14.8. The Morgan fingerprint density at radius 2 is 2.15 bits per heavy atom. The molecule has 0 aliphatic carbocycles. The Labute approximate surface area is 124 Å². The average Bonchev–Trinajstić information content (AvgIpc) is 2.39. The molecule has 5 heteroatoms. The van der Waals surface area contributed by atoms with Crippen LogP contribution in [0.25, 0.3) is 0 Å². The molecule has 0 saturated heterocycles. The number of benzene rings is 1. The van der Waals surface area contributed by atoms with E-state index in [-0.39, 0.29) is 11.9 Å². The summed E-state index contributed by atoms with van der Waals surface area (Å²) < 4.78 is 5.53. The van der Waals surface area contributed by atoms with Crippen molar-refractivity contribution in [2.24, 2.45) is 0 Å². The number of carbonyl (C=O) groups is 1. The Bertz CT molecular complexity index is 411. The van der Waals surface area contributed by atoms with Gasteiger partial charge < -0.3 is 9.84 Å². The van der Waals surface area contributed by atoms with Gasteiger partial charge in [-0.1, -0.05) is 36.4 Å². The van der Waals surface area contributed by atoms with Gasteiger partial charge in [0.05, 0.1) is 25.1 Å². The zero-order valence-electron chi connectivity index (χ0n) is 11.4. The van der Waals surface area contributed by atoms with E-state index in [2.05, 4.69) is 6.58 Å². The Kier molecular flexibility index (Phi) is 7.95. The highest BCUT2D eigenvalue weighted by Gasteiger charge is 2.13. The number of halogens is 1. The van der Waals surface area contributed by atoms with Gasteiger partial charge in [0.2, 0.25) is 0 Å². The van der Waals surface area contributed by atoms with Crippen molar-refractivity contribution in [2.75, 3.05) is 26.2 Å².